The maximum atomic E-state index is 5.60. The molecule has 0 saturated heterocycles. The second-order valence-corrected chi connectivity index (χ2v) is 4.93. The van der Waals surface area contributed by atoms with E-state index in [9.17, 15) is 0 Å². The number of hydrogen-bond acceptors (Lipinski definition) is 3. The molecule has 0 unspecified atom stereocenters. The van der Waals surface area contributed by atoms with E-state index in [2.05, 4.69) is 52.2 Å². The lowest BCUT2D eigenvalue weighted by atomic mass is 10.1. The Bertz CT molecular complexity index is 512. The zero-order valence-corrected chi connectivity index (χ0v) is 11.4. The third-order valence-electron chi connectivity index (χ3n) is 2.54. The highest BCUT2D eigenvalue weighted by atomic mass is 79.9. The molecule has 0 saturated carbocycles. The van der Waals surface area contributed by atoms with Gasteiger partial charge in [-0.25, -0.2) is 4.98 Å². The topological polar surface area (TPSA) is 50.9 Å². The first-order chi connectivity index (χ1) is 8.06. The summed E-state index contributed by atoms with van der Waals surface area (Å²) in [6.45, 7) is 4.13. The molecule has 0 amide bonds. The first-order valence-electron chi connectivity index (χ1n) is 5.31. The summed E-state index contributed by atoms with van der Waals surface area (Å²) in [5.41, 5.74) is 9.71. The number of aryl methyl sites for hydroxylation is 2. The predicted molar refractivity (Wildman–Crippen MR) is 75.5 cm³/mol. The minimum absolute atomic E-state index is 0.666. The molecular formula is C13H14BrN3. The summed E-state index contributed by atoms with van der Waals surface area (Å²) in [5.74, 6) is 0.799. The number of hydrogen-bond donors (Lipinski definition) is 2. The normalized spacial score (nSPS) is 10.3. The van der Waals surface area contributed by atoms with Gasteiger partial charge >= 0.3 is 0 Å². The first-order valence-corrected chi connectivity index (χ1v) is 6.11. The van der Waals surface area contributed by atoms with Gasteiger partial charge in [0, 0.05) is 10.2 Å². The quantitative estimate of drug-likeness (QED) is 0.885. The van der Waals surface area contributed by atoms with Crippen LogP contribution in [-0.4, -0.2) is 4.98 Å². The van der Waals surface area contributed by atoms with Gasteiger partial charge in [0.15, 0.2) is 0 Å². The summed E-state index contributed by atoms with van der Waals surface area (Å²) in [7, 11) is 0. The standard InChI is InChI=1S/C13H14BrN3/c1-8-5-10(14)6-9(2)13(8)17-12-4-3-11(15)7-16-12/h3-7H,15H2,1-2H3,(H,16,17). The molecule has 0 aliphatic carbocycles. The number of nitrogen functional groups attached to an aromatic ring is 1. The maximum absolute atomic E-state index is 5.60. The van der Waals surface area contributed by atoms with Gasteiger partial charge in [0.2, 0.25) is 0 Å². The molecular weight excluding hydrogens is 278 g/mol. The Kier molecular flexibility index (Phi) is 3.33. The van der Waals surface area contributed by atoms with Crippen LogP contribution in [0.2, 0.25) is 0 Å². The molecule has 3 N–H and O–H groups in total. The molecule has 3 nitrogen and oxygen atoms in total. The Morgan fingerprint density at radius 2 is 1.82 bits per heavy atom. The number of nitrogens with one attached hydrogen (secondary N) is 1. The maximum Gasteiger partial charge on any atom is 0.130 e. The highest BCUT2D eigenvalue weighted by molar-refractivity contribution is 9.10. The van der Waals surface area contributed by atoms with Crippen LogP contribution < -0.4 is 11.1 Å². The van der Waals surface area contributed by atoms with Crippen molar-refractivity contribution >= 4 is 33.1 Å². The van der Waals surface area contributed by atoms with Crippen LogP contribution in [-0.2, 0) is 0 Å². The van der Waals surface area contributed by atoms with Gasteiger partial charge in [0.25, 0.3) is 0 Å². The Labute approximate surface area is 109 Å². The van der Waals surface area contributed by atoms with E-state index in [1.165, 1.54) is 11.1 Å². The van der Waals surface area contributed by atoms with Crippen molar-refractivity contribution in [1.82, 2.24) is 4.98 Å². The second-order valence-electron chi connectivity index (χ2n) is 4.02. The van der Waals surface area contributed by atoms with E-state index in [4.69, 9.17) is 5.73 Å². The summed E-state index contributed by atoms with van der Waals surface area (Å²) >= 11 is 3.48. The Hall–Kier alpha value is -1.55. The number of pyridine rings is 1. The van der Waals surface area contributed by atoms with Gasteiger partial charge in [-0.15, -0.1) is 0 Å². The van der Waals surface area contributed by atoms with Crippen molar-refractivity contribution in [3.63, 3.8) is 0 Å². The fourth-order valence-electron chi connectivity index (χ4n) is 1.72. The zero-order chi connectivity index (χ0) is 12.4. The van der Waals surface area contributed by atoms with Crippen molar-refractivity contribution in [3.8, 4) is 0 Å². The third-order valence-corrected chi connectivity index (χ3v) is 2.99. The SMILES string of the molecule is Cc1cc(Br)cc(C)c1Nc1ccc(N)cn1. The largest absolute Gasteiger partial charge is 0.397 e. The number of halogens is 1. The van der Waals surface area contributed by atoms with E-state index in [0.717, 1.165) is 16.0 Å². The molecule has 1 aromatic heterocycles. The number of rotatable bonds is 2. The van der Waals surface area contributed by atoms with Crippen molar-refractivity contribution < 1.29 is 0 Å². The van der Waals surface area contributed by atoms with Crippen molar-refractivity contribution in [2.45, 2.75) is 13.8 Å². The van der Waals surface area contributed by atoms with Crippen LogP contribution in [0.15, 0.2) is 34.9 Å². The Morgan fingerprint density at radius 3 is 2.35 bits per heavy atom. The summed E-state index contributed by atoms with van der Waals surface area (Å²) in [4.78, 5) is 4.23. The Balaban J connectivity index is 2.33. The van der Waals surface area contributed by atoms with E-state index in [1.807, 2.05) is 12.1 Å². The van der Waals surface area contributed by atoms with Crippen molar-refractivity contribution in [3.05, 3.63) is 46.1 Å². The van der Waals surface area contributed by atoms with Crippen LogP contribution in [0.5, 0.6) is 0 Å². The van der Waals surface area contributed by atoms with Crippen LogP contribution in [0, 0.1) is 13.8 Å². The summed E-state index contributed by atoms with van der Waals surface area (Å²) < 4.78 is 1.09. The molecule has 88 valence electrons. The molecule has 2 aromatic rings. The van der Waals surface area contributed by atoms with E-state index >= 15 is 0 Å². The third kappa shape index (κ3) is 2.77. The lowest BCUT2D eigenvalue weighted by Crippen LogP contribution is -1.98. The van der Waals surface area contributed by atoms with Gasteiger partial charge in [0.1, 0.15) is 5.82 Å². The number of benzene rings is 1. The molecule has 0 radical (unpaired) electrons. The van der Waals surface area contributed by atoms with Crippen molar-refractivity contribution in [2.24, 2.45) is 0 Å². The molecule has 4 heteroatoms. The van der Waals surface area contributed by atoms with Crippen molar-refractivity contribution in [2.75, 3.05) is 11.1 Å². The van der Waals surface area contributed by atoms with Gasteiger partial charge in [-0.1, -0.05) is 15.9 Å². The highest BCUT2D eigenvalue weighted by Gasteiger charge is 2.05. The minimum atomic E-state index is 0.666. The monoisotopic (exact) mass is 291 g/mol. The lowest BCUT2D eigenvalue weighted by molar-refractivity contribution is 1.28. The molecule has 0 aliphatic rings. The van der Waals surface area contributed by atoms with Gasteiger partial charge in [0.05, 0.1) is 11.9 Å². The van der Waals surface area contributed by atoms with E-state index in [1.54, 1.807) is 6.20 Å². The molecule has 2 rings (SSSR count). The lowest BCUT2D eigenvalue weighted by Gasteiger charge is -2.12. The molecule has 0 fully saturated rings. The average Bonchev–Trinajstić information content (AvgIpc) is 2.26. The molecule has 1 aromatic carbocycles. The number of anilines is 3. The van der Waals surface area contributed by atoms with Crippen LogP contribution in [0.3, 0.4) is 0 Å². The molecule has 0 bridgehead atoms. The van der Waals surface area contributed by atoms with Gasteiger partial charge in [-0.3, -0.25) is 0 Å². The Morgan fingerprint density at radius 1 is 1.18 bits per heavy atom. The molecule has 0 atom stereocenters. The number of aromatic nitrogens is 1. The predicted octanol–water partition coefficient (Wildman–Crippen LogP) is 3.79. The summed E-state index contributed by atoms with van der Waals surface area (Å²) in [6.07, 6.45) is 1.64. The van der Waals surface area contributed by atoms with E-state index in [-0.39, 0.29) is 0 Å². The molecule has 0 spiro atoms. The van der Waals surface area contributed by atoms with Gasteiger partial charge < -0.3 is 11.1 Å². The fourth-order valence-corrected chi connectivity index (χ4v) is 2.40. The minimum Gasteiger partial charge on any atom is -0.397 e. The molecule has 17 heavy (non-hydrogen) atoms. The van der Waals surface area contributed by atoms with Gasteiger partial charge in [-0.05, 0) is 49.2 Å². The highest BCUT2D eigenvalue weighted by Crippen LogP contribution is 2.27. The summed E-state index contributed by atoms with van der Waals surface area (Å²) in [6, 6.07) is 7.86. The second kappa shape index (κ2) is 4.75. The van der Waals surface area contributed by atoms with Crippen LogP contribution in [0.4, 0.5) is 17.2 Å². The van der Waals surface area contributed by atoms with Crippen LogP contribution in [0.25, 0.3) is 0 Å². The summed E-state index contributed by atoms with van der Waals surface area (Å²) in [5, 5.41) is 3.31. The van der Waals surface area contributed by atoms with Crippen molar-refractivity contribution in [1.29, 1.82) is 0 Å². The smallest absolute Gasteiger partial charge is 0.130 e. The van der Waals surface area contributed by atoms with E-state index < -0.39 is 0 Å². The van der Waals surface area contributed by atoms with Crippen LogP contribution >= 0.6 is 15.9 Å². The van der Waals surface area contributed by atoms with Gasteiger partial charge in [-0.2, -0.15) is 0 Å². The average molecular weight is 292 g/mol. The number of nitrogens with two attached hydrogens (primary N) is 1. The van der Waals surface area contributed by atoms with Crippen LogP contribution in [0.1, 0.15) is 11.1 Å². The molecule has 0 aliphatic heterocycles. The van der Waals surface area contributed by atoms with E-state index in [0.29, 0.717) is 5.69 Å². The molecule has 1 heterocycles. The first kappa shape index (κ1) is 11.9. The zero-order valence-electron chi connectivity index (χ0n) is 9.79. The number of nitrogens with zero attached hydrogens (tertiary/aromatic N) is 1. The fraction of sp³-hybridized carbons (Fsp3) is 0.154.